The summed E-state index contributed by atoms with van der Waals surface area (Å²) in [4.78, 5) is 2.65. The molecule has 0 bridgehead atoms. The molecule has 0 aromatic carbocycles. The van der Waals surface area contributed by atoms with Gasteiger partial charge in [0.2, 0.25) is 0 Å². The van der Waals surface area contributed by atoms with E-state index in [4.69, 9.17) is 4.74 Å². The molecule has 2 aliphatic carbocycles. The summed E-state index contributed by atoms with van der Waals surface area (Å²) in [7, 11) is 2.35. The zero-order valence-electron chi connectivity index (χ0n) is 16.6. The number of ether oxygens (including phenoxy) is 1. The van der Waals surface area contributed by atoms with E-state index in [1.807, 2.05) is 0 Å². The molecule has 2 aliphatic heterocycles. The predicted octanol–water partition coefficient (Wildman–Crippen LogP) is 4.97. The summed E-state index contributed by atoms with van der Waals surface area (Å²) in [6, 6.07) is 0.752. The van der Waals surface area contributed by atoms with E-state index < -0.39 is 0 Å². The van der Waals surface area contributed by atoms with E-state index in [1.165, 1.54) is 51.5 Å². The molecule has 2 heteroatoms. The molecule has 0 spiro atoms. The maximum Gasteiger partial charge on any atom is 0.0679 e. The van der Waals surface area contributed by atoms with Gasteiger partial charge >= 0.3 is 0 Å². The van der Waals surface area contributed by atoms with Gasteiger partial charge in [-0.25, -0.2) is 0 Å². The Morgan fingerprint density at radius 2 is 1.83 bits per heavy atom. The third kappa shape index (κ3) is 2.50. The normalized spacial score (nSPS) is 52.5. The standard InChI is InChI=1S/C22H39NO/c1-14(2)16-10-11-17-18-8-6-12-22(4,19-9-7-13-23(19)5)21(18)24-20(17)15(16)3/h14-21H,6-13H2,1-5H3. The van der Waals surface area contributed by atoms with Crippen molar-refractivity contribution in [2.75, 3.05) is 13.6 Å². The fraction of sp³-hybridized carbons (Fsp3) is 1.00. The lowest BCUT2D eigenvalue weighted by Gasteiger charge is -2.48. The van der Waals surface area contributed by atoms with Crippen molar-refractivity contribution in [2.45, 2.75) is 90.9 Å². The molecule has 2 saturated carbocycles. The van der Waals surface area contributed by atoms with Crippen molar-refractivity contribution in [2.24, 2.45) is 35.0 Å². The number of rotatable bonds is 2. The van der Waals surface area contributed by atoms with Crippen LogP contribution in [0.15, 0.2) is 0 Å². The van der Waals surface area contributed by atoms with Crippen molar-refractivity contribution in [1.29, 1.82) is 0 Å². The molecule has 24 heavy (non-hydrogen) atoms. The van der Waals surface area contributed by atoms with Crippen LogP contribution >= 0.6 is 0 Å². The van der Waals surface area contributed by atoms with Gasteiger partial charge in [0.25, 0.3) is 0 Å². The molecular weight excluding hydrogens is 294 g/mol. The molecule has 138 valence electrons. The van der Waals surface area contributed by atoms with Gasteiger partial charge in [0.1, 0.15) is 0 Å². The summed E-state index contributed by atoms with van der Waals surface area (Å²) in [6.07, 6.45) is 10.9. The molecule has 4 fully saturated rings. The SMILES string of the molecule is CC(C)C1CCC2C3CCCC(C)(C4CCCN4C)C3OC2C1C. The molecule has 0 N–H and O–H groups in total. The monoisotopic (exact) mass is 333 g/mol. The first-order valence-electron chi connectivity index (χ1n) is 10.8. The number of likely N-dealkylation sites (tertiary alicyclic amines) is 1. The topological polar surface area (TPSA) is 12.5 Å². The van der Waals surface area contributed by atoms with Crippen LogP contribution in [0.2, 0.25) is 0 Å². The lowest BCUT2D eigenvalue weighted by molar-refractivity contribution is -0.112. The number of nitrogens with zero attached hydrogens (tertiary/aromatic N) is 1. The van der Waals surface area contributed by atoms with E-state index in [9.17, 15) is 0 Å². The number of hydrogen-bond acceptors (Lipinski definition) is 2. The molecule has 0 aromatic rings. The van der Waals surface area contributed by atoms with Crippen molar-refractivity contribution in [3.63, 3.8) is 0 Å². The van der Waals surface area contributed by atoms with Crippen molar-refractivity contribution in [3.05, 3.63) is 0 Å². The third-order valence-corrected chi connectivity index (χ3v) is 8.73. The average molecular weight is 334 g/mol. The van der Waals surface area contributed by atoms with Crippen LogP contribution in [0.3, 0.4) is 0 Å². The molecule has 0 amide bonds. The van der Waals surface area contributed by atoms with Gasteiger partial charge in [0.05, 0.1) is 12.2 Å². The summed E-state index contributed by atoms with van der Waals surface area (Å²) in [5.41, 5.74) is 0.387. The maximum atomic E-state index is 7.01. The van der Waals surface area contributed by atoms with E-state index in [0.717, 1.165) is 35.6 Å². The molecule has 8 unspecified atom stereocenters. The molecule has 8 atom stereocenters. The van der Waals surface area contributed by atoms with E-state index in [2.05, 4.69) is 39.6 Å². The minimum absolute atomic E-state index is 0.387. The van der Waals surface area contributed by atoms with Crippen LogP contribution in [-0.4, -0.2) is 36.7 Å². The zero-order valence-corrected chi connectivity index (χ0v) is 16.6. The summed E-state index contributed by atoms with van der Waals surface area (Å²) >= 11 is 0. The van der Waals surface area contributed by atoms with Crippen molar-refractivity contribution >= 4 is 0 Å². The van der Waals surface area contributed by atoms with Crippen molar-refractivity contribution in [1.82, 2.24) is 4.90 Å². The van der Waals surface area contributed by atoms with Crippen molar-refractivity contribution < 1.29 is 4.74 Å². The van der Waals surface area contributed by atoms with Gasteiger partial charge in [-0.15, -0.1) is 0 Å². The first-order chi connectivity index (χ1) is 11.4. The summed E-state index contributed by atoms with van der Waals surface area (Å²) in [5.74, 6) is 4.12. The molecule has 4 aliphatic rings. The maximum absolute atomic E-state index is 7.01. The Balaban J connectivity index is 1.59. The highest BCUT2D eigenvalue weighted by atomic mass is 16.5. The minimum atomic E-state index is 0.387. The Morgan fingerprint density at radius 3 is 2.50 bits per heavy atom. The third-order valence-electron chi connectivity index (χ3n) is 8.73. The largest absolute Gasteiger partial charge is 0.373 e. The highest BCUT2D eigenvalue weighted by Gasteiger charge is 2.59. The van der Waals surface area contributed by atoms with E-state index >= 15 is 0 Å². The van der Waals surface area contributed by atoms with E-state index in [0.29, 0.717) is 17.6 Å². The Kier molecular flexibility index (Phi) is 4.53. The van der Waals surface area contributed by atoms with E-state index in [1.54, 1.807) is 0 Å². The Morgan fingerprint density at radius 1 is 1.04 bits per heavy atom. The summed E-state index contributed by atoms with van der Waals surface area (Å²) in [5, 5.41) is 0. The fourth-order valence-electron chi connectivity index (χ4n) is 7.53. The highest BCUT2D eigenvalue weighted by molar-refractivity contribution is 5.08. The van der Waals surface area contributed by atoms with Crippen LogP contribution in [0.1, 0.15) is 72.6 Å². The van der Waals surface area contributed by atoms with Gasteiger partial charge in [0.15, 0.2) is 0 Å². The van der Waals surface area contributed by atoms with Crippen LogP contribution in [0.25, 0.3) is 0 Å². The van der Waals surface area contributed by atoms with Crippen LogP contribution in [0, 0.1) is 35.0 Å². The Hall–Kier alpha value is -0.0800. The minimum Gasteiger partial charge on any atom is -0.373 e. The van der Waals surface area contributed by atoms with Gasteiger partial charge in [-0.05, 0) is 81.7 Å². The lowest BCUT2D eigenvalue weighted by atomic mass is 9.59. The molecule has 2 saturated heterocycles. The molecule has 4 rings (SSSR count). The van der Waals surface area contributed by atoms with Crippen LogP contribution < -0.4 is 0 Å². The highest BCUT2D eigenvalue weighted by Crippen LogP contribution is 2.58. The smallest absolute Gasteiger partial charge is 0.0679 e. The molecule has 0 radical (unpaired) electrons. The molecule has 0 aromatic heterocycles. The first kappa shape index (κ1) is 17.3. The second-order valence-corrected chi connectivity index (χ2v) is 10.2. The lowest BCUT2D eigenvalue weighted by Crippen LogP contribution is -2.52. The van der Waals surface area contributed by atoms with Gasteiger partial charge in [-0.2, -0.15) is 0 Å². The van der Waals surface area contributed by atoms with Gasteiger partial charge in [-0.1, -0.05) is 34.1 Å². The summed E-state index contributed by atoms with van der Waals surface area (Å²) < 4.78 is 7.01. The van der Waals surface area contributed by atoms with E-state index in [-0.39, 0.29) is 0 Å². The fourth-order valence-corrected chi connectivity index (χ4v) is 7.53. The Bertz CT molecular complexity index is 463. The first-order valence-corrected chi connectivity index (χ1v) is 10.8. The molecule has 2 nitrogen and oxygen atoms in total. The molecule has 2 heterocycles. The van der Waals surface area contributed by atoms with Crippen LogP contribution in [-0.2, 0) is 4.74 Å². The predicted molar refractivity (Wildman–Crippen MR) is 100.0 cm³/mol. The van der Waals surface area contributed by atoms with Crippen LogP contribution in [0.4, 0.5) is 0 Å². The zero-order chi connectivity index (χ0) is 17.1. The van der Waals surface area contributed by atoms with Gasteiger partial charge < -0.3 is 9.64 Å². The Labute approximate surface area is 149 Å². The molecular formula is C22H39NO. The van der Waals surface area contributed by atoms with Gasteiger partial charge in [0, 0.05) is 11.5 Å². The quantitative estimate of drug-likeness (QED) is 0.707. The second kappa shape index (κ2) is 6.27. The van der Waals surface area contributed by atoms with Crippen molar-refractivity contribution in [3.8, 4) is 0 Å². The second-order valence-electron chi connectivity index (χ2n) is 10.2. The summed E-state index contributed by atoms with van der Waals surface area (Å²) in [6.45, 7) is 11.2. The average Bonchev–Trinajstić information content (AvgIpc) is 3.13. The number of fused-ring (bicyclic) bond motifs is 3. The van der Waals surface area contributed by atoms with Gasteiger partial charge in [-0.3, -0.25) is 0 Å². The van der Waals surface area contributed by atoms with Crippen LogP contribution in [0.5, 0.6) is 0 Å². The number of hydrogen-bond donors (Lipinski definition) is 0.